The van der Waals surface area contributed by atoms with Crippen molar-refractivity contribution in [2.75, 3.05) is 12.8 Å². The van der Waals surface area contributed by atoms with Crippen LogP contribution in [-0.2, 0) is 11.3 Å². The van der Waals surface area contributed by atoms with E-state index in [-0.39, 0.29) is 17.9 Å². The number of nitrogen functional groups attached to an aromatic ring is 1. The monoisotopic (exact) mass is 251 g/mol. The van der Waals surface area contributed by atoms with E-state index in [1.807, 2.05) is 6.07 Å². The molecule has 1 amide bonds. The van der Waals surface area contributed by atoms with Crippen LogP contribution in [0.15, 0.2) is 0 Å². The van der Waals surface area contributed by atoms with E-state index in [9.17, 15) is 4.79 Å². The first-order valence-electron chi connectivity index (χ1n) is 5.41. The molecule has 0 spiro atoms. The molecule has 0 aliphatic heterocycles. The lowest BCUT2D eigenvalue weighted by Gasteiger charge is -2.24. The molecule has 1 aromatic rings. The Morgan fingerprint density at radius 3 is 2.72 bits per heavy atom. The van der Waals surface area contributed by atoms with Crippen molar-refractivity contribution in [2.45, 2.75) is 32.9 Å². The van der Waals surface area contributed by atoms with Gasteiger partial charge in [0, 0.05) is 7.05 Å². The summed E-state index contributed by atoms with van der Waals surface area (Å²) >= 11 is 0. The summed E-state index contributed by atoms with van der Waals surface area (Å²) < 4.78 is 5.19. The van der Waals surface area contributed by atoms with E-state index in [0.717, 1.165) is 0 Å². The van der Waals surface area contributed by atoms with Crippen LogP contribution in [0, 0.1) is 11.3 Å². The van der Waals surface area contributed by atoms with Crippen molar-refractivity contribution in [2.24, 2.45) is 0 Å². The van der Waals surface area contributed by atoms with Crippen LogP contribution in [0.2, 0.25) is 0 Å². The van der Waals surface area contributed by atoms with Crippen LogP contribution in [0.1, 0.15) is 32.0 Å². The van der Waals surface area contributed by atoms with Crippen LogP contribution in [0.4, 0.5) is 10.6 Å². The van der Waals surface area contributed by atoms with Gasteiger partial charge in [-0.15, -0.1) is 0 Å². The molecule has 0 atom stereocenters. The minimum atomic E-state index is -0.559. The zero-order chi connectivity index (χ0) is 13.9. The average molecular weight is 251 g/mol. The van der Waals surface area contributed by atoms with Crippen molar-refractivity contribution in [3.63, 3.8) is 0 Å². The van der Waals surface area contributed by atoms with Gasteiger partial charge in [-0.1, -0.05) is 0 Å². The molecular formula is C11H17N5O2. The van der Waals surface area contributed by atoms with Gasteiger partial charge in [0.15, 0.2) is 5.82 Å². The fourth-order valence-corrected chi connectivity index (χ4v) is 1.27. The van der Waals surface area contributed by atoms with E-state index in [0.29, 0.717) is 5.69 Å². The molecule has 7 nitrogen and oxygen atoms in total. The smallest absolute Gasteiger partial charge is 0.410 e. The van der Waals surface area contributed by atoms with Crippen LogP contribution in [0.5, 0.6) is 0 Å². The molecule has 1 heterocycles. The van der Waals surface area contributed by atoms with E-state index in [1.165, 1.54) is 4.90 Å². The molecule has 3 N–H and O–H groups in total. The normalized spacial score (nSPS) is 10.8. The van der Waals surface area contributed by atoms with Gasteiger partial charge >= 0.3 is 6.09 Å². The first-order valence-corrected chi connectivity index (χ1v) is 5.41. The lowest BCUT2D eigenvalue weighted by atomic mass is 10.2. The van der Waals surface area contributed by atoms with Gasteiger partial charge in [-0.05, 0) is 20.8 Å². The third kappa shape index (κ3) is 3.38. The summed E-state index contributed by atoms with van der Waals surface area (Å²) in [6, 6.07) is 1.94. The van der Waals surface area contributed by atoms with E-state index in [2.05, 4.69) is 10.2 Å². The summed E-state index contributed by atoms with van der Waals surface area (Å²) in [6.07, 6.45) is -0.473. The van der Waals surface area contributed by atoms with Gasteiger partial charge in [0.1, 0.15) is 17.2 Å². The quantitative estimate of drug-likeness (QED) is 0.821. The Bertz CT molecular complexity index is 481. The van der Waals surface area contributed by atoms with E-state index < -0.39 is 11.7 Å². The SMILES string of the molecule is CN(Cc1[nH]nc(N)c1C#N)C(=O)OC(C)(C)C. The van der Waals surface area contributed by atoms with Crippen LogP contribution in [-0.4, -0.2) is 33.8 Å². The highest BCUT2D eigenvalue weighted by Crippen LogP contribution is 2.15. The van der Waals surface area contributed by atoms with Gasteiger partial charge in [-0.25, -0.2) is 4.79 Å². The van der Waals surface area contributed by atoms with Gasteiger partial charge in [0.25, 0.3) is 0 Å². The van der Waals surface area contributed by atoms with Gasteiger partial charge in [0.2, 0.25) is 0 Å². The number of hydrogen-bond donors (Lipinski definition) is 2. The maximum absolute atomic E-state index is 11.7. The highest BCUT2D eigenvalue weighted by Gasteiger charge is 2.21. The number of carbonyl (C=O) groups is 1. The molecule has 0 unspecified atom stereocenters. The number of aromatic amines is 1. The molecule has 1 rings (SSSR count). The van der Waals surface area contributed by atoms with Gasteiger partial charge in [0.05, 0.1) is 12.2 Å². The third-order valence-corrected chi connectivity index (χ3v) is 2.08. The molecule has 18 heavy (non-hydrogen) atoms. The van der Waals surface area contributed by atoms with Crippen LogP contribution >= 0.6 is 0 Å². The van der Waals surface area contributed by atoms with Crippen molar-refractivity contribution in [1.82, 2.24) is 15.1 Å². The van der Waals surface area contributed by atoms with Crippen LogP contribution in [0.3, 0.4) is 0 Å². The van der Waals surface area contributed by atoms with Gasteiger partial charge in [-0.3, -0.25) is 5.10 Å². The molecule has 0 aliphatic rings. The van der Waals surface area contributed by atoms with E-state index in [4.69, 9.17) is 15.7 Å². The highest BCUT2D eigenvalue weighted by molar-refractivity contribution is 5.68. The Kier molecular flexibility index (Phi) is 3.81. The lowest BCUT2D eigenvalue weighted by Crippen LogP contribution is -2.34. The number of rotatable bonds is 2. The Morgan fingerprint density at radius 2 is 2.22 bits per heavy atom. The highest BCUT2D eigenvalue weighted by atomic mass is 16.6. The second-order valence-corrected chi connectivity index (χ2v) is 4.91. The van der Waals surface area contributed by atoms with Crippen LogP contribution in [0.25, 0.3) is 0 Å². The predicted octanol–water partition coefficient (Wildman–Crippen LogP) is 1.23. The van der Waals surface area contributed by atoms with Gasteiger partial charge in [-0.2, -0.15) is 10.4 Å². The Balaban J connectivity index is 2.73. The van der Waals surface area contributed by atoms with Crippen molar-refractivity contribution in [1.29, 1.82) is 5.26 Å². The minimum absolute atomic E-state index is 0.130. The Labute approximate surface area is 106 Å². The molecule has 0 saturated heterocycles. The second-order valence-electron chi connectivity index (χ2n) is 4.91. The summed E-state index contributed by atoms with van der Waals surface area (Å²) in [5, 5.41) is 15.3. The van der Waals surface area contributed by atoms with E-state index >= 15 is 0 Å². The van der Waals surface area contributed by atoms with Crippen LogP contribution < -0.4 is 5.73 Å². The first-order chi connectivity index (χ1) is 8.24. The molecule has 1 aromatic heterocycles. The van der Waals surface area contributed by atoms with Crippen molar-refractivity contribution in [3.05, 3.63) is 11.3 Å². The number of nitrogens with two attached hydrogens (primary N) is 1. The maximum Gasteiger partial charge on any atom is 0.410 e. The van der Waals surface area contributed by atoms with Crippen molar-refractivity contribution < 1.29 is 9.53 Å². The molecule has 0 fully saturated rings. The Hall–Kier alpha value is -2.23. The number of hydrogen-bond acceptors (Lipinski definition) is 5. The largest absolute Gasteiger partial charge is 0.444 e. The predicted molar refractivity (Wildman–Crippen MR) is 65.4 cm³/mol. The molecule has 0 saturated carbocycles. The van der Waals surface area contributed by atoms with Crippen molar-refractivity contribution >= 4 is 11.9 Å². The molecule has 0 aliphatic carbocycles. The summed E-state index contributed by atoms with van der Waals surface area (Å²) in [4.78, 5) is 13.1. The molecular weight excluding hydrogens is 234 g/mol. The molecule has 0 bridgehead atoms. The molecule has 7 heteroatoms. The number of anilines is 1. The zero-order valence-corrected chi connectivity index (χ0v) is 10.9. The lowest BCUT2D eigenvalue weighted by molar-refractivity contribution is 0.0283. The fourth-order valence-electron chi connectivity index (χ4n) is 1.27. The zero-order valence-electron chi connectivity index (χ0n) is 10.9. The number of nitrogens with one attached hydrogen (secondary N) is 1. The summed E-state index contributed by atoms with van der Waals surface area (Å²) in [5.74, 6) is 0.130. The van der Waals surface area contributed by atoms with Gasteiger partial charge < -0.3 is 15.4 Å². The minimum Gasteiger partial charge on any atom is -0.444 e. The summed E-state index contributed by atoms with van der Waals surface area (Å²) in [5.41, 5.74) is 5.69. The topological polar surface area (TPSA) is 108 Å². The summed E-state index contributed by atoms with van der Waals surface area (Å²) in [7, 11) is 1.58. The standard InChI is InChI=1S/C11H17N5O2/c1-11(2,3)18-10(17)16(4)6-8-7(5-12)9(13)15-14-8/h6H2,1-4H3,(H3,13,14,15). The van der Waals surface area contributed by atoms with E-state index in [1.54, 1.807) is 27.8 Å². The molecule has 0 radical (unpaired) electrons. The number of nitriles is 1. The first kappa shape index (κ1) is 13.8. The average Bonchev–Trinajstić information content (AvgIpc) is 2.56. The number of nitrogens with zero attached hydrogens (tertiary/aromatic N) is 3. The molecule has 0 aromatic carbocycles. The summed E-state index contributed by atoms with van der Waals surface area (Å²) in [6.45, 7) is 5.54. The number of carbonyl (C=O) groups excluding carboxylic acids is 1. The van der Waals surface area contributed by atoms with Crippen molar-refractivity contribution in [3.8, 4) is 6.07 Å². The second kappa shape index (κ2) is 4.96. The molecule has 98 valence electrons. The maximum atomic E-state index is 11.7. The number of amides is 1. The fraction of sp³-hybridized carbons (Fsp3) is 0.545. The number of aromatic nitrogens is 2. The number of ether oxygens (including phenoxy) is 1. The third-order valence-electron chi connectivity index (χ3n) is 2.08. The Morgan fingerprint density at radius 1 is 1.61 bits per heavy atom. The number of H-pyrrole nitrogens is 1.